The zero-order valence-corrected chi connectivity index (χ0v) is 75.5. The average Bonchev–Trinajstić information content (AvgIpc) is 0.955. The summed E-state index contributed by atoms with van der Waals surface area (Å²) in [5, 5.41) is 15.3. The van der Waals surface area contributed by atoms with Gasteiger partial charge in [-0.2, -0.15) is 0 Å². The largest absolute Gasteiger partial charge is 0.311 e. The second-order valence-corrected chi connectivity index (χ2v) is 46.3. The quantitative estimate of drug-likeness (QED) is 0.0797. The monoisotopic (exact) mass is 1640 g/mol. The Balaban J connectivity index is 0.903. The predicted molar refractivity (Wildman–Crippen MR) is 542 cm³/mol. The molecule has 17 aromatic carbocycles. The summed E-state index contributed by atoms with van der Waals surface area (Å²) < 4.78 is 5.22. The van der Waals surface area contributed by atoms with Gasteiger partial charge >= 0.3 is 0 Å². The van der Waals surface area contributed by atoms with Crippen LogP contribution in [-0.2, 0) is 21.7 Å². The SMILES string of the molecule is CC(C)(C)c1cc(-c2cccc3c4ccccc4n(-c4ccc5c(c4)N(c4ccccc4[Si](c4ccccc4)(c4ccccc4)c4ccccc4)c4cccc6c4B5c4ccc(-n5c7ccccc7c7cccc(-c8cc(C(C)(C)C)cc(C(C)(C)C)c8)c75)cc4N6c4ccccc4[Si](c4ccccc4)(c4ccccc4)c4ccccc4)c23)cc(C(C)(C)C)c1. The number of hydrogen-bond donors (Lipinski definition) is 0. The fourth-order valence-corrected chi connectivity index (χ4v) is 30.9. The Kier molecular flexibility index (Phi) is 19.0. The van der Waals surface area contributed by atoms with E-state index in [1.165, 1.54) is 135 Å². The Bertz CT molecular complexity index is 6700. The minimum absolute atomic E-state index is 0.101. The average molecular weight is 1640 g/mol. The molecule has 0 spiro atoms. The molecule has 2 aliphatic heterocycles. The van der Waals surface area contributed by atoms with Gasteiger partial charge < -0.3 is 18.9 Å². The molecule has 0 aliphatic carbocycles. The third-order valence-corrected chi connectivity index (χ3v) is 36.8. The van der Waals surface area contributed by atoms with Gasteiger partial charge in [-0.3, -0.25) is 0 Å². The number of nitrogens with zero attached hydrogens (tertiary/aromatic N) is 4. The van der Waals surface area contributed by atoms with Crippen LogP contribution < -0.4 is 67.7 Å². The Morgan fingerprint density at radius 3 is 0.816 bits per heavy atom. The van der Waals surface area contributed by atoms with Gasteiger partial charge in [0.1, 0.15) is 0 Å². The first kappa shape index (κ1) is 78.7. The lowest BCUT2D eigenvalue weighted by atomic mass is 9.33. The van der Waals surface area contributed by atoms with Gasteiger partial charge in [-0.15, -0.1) is 0 Å². The van der Waals surface area contributed by atoms with Crippen LogP contribution in [0.25, 0.3) is 77.2 Å². The van der Waals surface area contributed by atoms with E-state index in [0.29, 0.717) is 0 Å². The molecule has 21 rings (SSSR count). The number of aromatic nitrogens is 2. The number of para-hydroxylation sites is 6. The lowest BCUT2D eigenvalue weighted by Crippen LogP contribution is -2.75. The van der Waals surface area contributed by atoms with Crippen molar-refractivity contribution in [2.75, 3.05) is 9.80 Å². The molecular formula is C118H103BN4Si2. The first-order chi connectivity index (χ1) is 60.6. The topological polar surface area (TPSA) is 16.3 Å². The Labute approximate surface area is 739 Å². The Hall–Kier alpha value is -13.6. The fourth-order valence-electron chi connectivity index (χ4n) is 21.1. The van der Waals surface area contributed by atoms with Crippen molar-refractivity contribution in [3.63, 3.8) is 0 Å². The minimum Gasteiger partial charge on any atom is -0.311 e. The second-order valence-electron chi connectivity index (χ2n) is 38.7. The van der Waals surface area contributed by atoms with Crippen LogP contribution in [0.2, 0.25) is 0 Å². The highest BCUT2D eigenvalue weighted by Gasteiger charge is 2.50. The number of rotatable bonds is 14. The molecule has 0 amide bonds. The molecule has 0 saturated carbocycles. The molecule has 0 N–H and O–H groups in total. The van der Waals surface area contributed by atoms with Crippen LogP contribution >= 0.6 is 0 Å². The summed E-state index contributed by atoms with van der Waals surface area (Å²) in [7, 11) is -6.68. The van der Waals surface area contributed by atoms with Crippen LogP contribution in [0.4, 0.5) is 34.1 Å². The van der Waals surface area contributed by atoms with Crippen molar-refractivity contribution in [1.82, 2.24) is 9.13 Å². The highest BCUT2D eigenvalue weighted by molar-refractivity contribution is 7.21. The lowest BCUT2D eigenvalue weighted by Gasteiger charge is -2.46. The summed E-state index contributed by atoms with van der Waals surface area (Å²) in [5.41, 5.74) is 27.1. The molecule has 19 aromatic rings. The molecule has 4 nitrogen and oxygen atoms in total. The summed E-state index contributed by atoms with van der Waals surface area (Å²) in [5.74, 6) is 0. The van der Waals surface area contributed by atoms with Gasteiger partial charge in [0, 0.05) is 78.2 Å². The van der Waals surface area contributed by atoms with Gasteiger partial charge in [-0.25, -0.2) is 0 Å². The standard InChI is InChI=1S/C118H103BN4Si2/c1-115(2,3)82-72-80(73-83(76-82)116(4,5)6)94-56-39-58-98-96-54-31-33-60-102(96)120(113(94)98)86-68-70-100-108(78-86)122(104-62-35-37-66-110(104)124(88-42-19-13-20-43-88,89-44-21-14-22-45-89)90-46-23-15-24-47-90)106-64-41-65-107-112(106)119(100)101-71-69-87(121-103-61-34-32-55-97(103)99-59-40-57-95(114(99)121)81-74-84(117(7,8)9)77-85(75-81)118(10,11)12)79-109(101)123(107)105-63-36-38-67-111(105)125(91-48-25-16-26-49-91,92-50-27-17-28-51-92)93-52-29-18-30-53-93/h13-79H,1-12H3. The highest BCUT2D eigenvalue weighted by atomic mass is 28.3. The van der Waals surface area contributed by atoms with Crippen molar-refractivity contribution in [2.45, 2.75) is 105 Å². The molecule has 0 saturated heterocycles. The summed E-state index contributed by atoms with van der Waals surface area (Å²) in [6.45, 7) is 28.0. The van der Waals surface area contributed by atoms with Gasteiger partial charge in [0.05, 0.1) is 22.1 Å². The number of hydrogen-bond acceptors (Lipinski definition) is 2. The van der Waals surface area contributed by atoms with E-state index in [1.54, 1.807) is 0 Å². The van der Waals surface area contributed by atoms with Gasteiger partial charge in [0.15, 0.2) is 16.1 Å². The van der Waals surface area contributed by atoms with E-state index in [4.69, 9.17) is 0 Å². The maximum absolute atomic E-state index is 3.34. The van der Waals surface area contributed by atoms with Crippen molar-refractivity contribution in [1.29, 1.82) is 0 Å². The van der Waals surface area contributed by atoms with Gasteiger partial charge in [0.2, 0.25) is 0 Å². The molecule has 0 atom stereocenters. The fraction of sp³-hybridized carbons (Fsp3) is 0.136. The maximum atomic E-state index is 2.73. The molecule has 0 fully saturated rings. The van der Waals surface area contributed by atoms with E-state index in [1.807, 2.05) is 0 Å². The first-order valence-electron chi connectivity index (χ1n) is 44.5. The van der Waals surface area contributed by atoms with Crippen LogP contribution in [-0.4, -0.2) is 32.0 Å². The zero-order chi connectivity index (χ0) is 85.5. The molecule has 2 aliphatic rings. The summed E-state index contributed by atoms with van der Waals surface area (Å²) >= 11 is 0. The minimum atomic E-state index is -3.34. The van der Waals surface area contributed by atoms with Crippen molar-refractivity contribution in [2.24, 2.45) is 0 Å². The zero-order valence-electron chi connectivity index (χ0n) is 73.5. The van der Waals surface area contributed by atoms with E-state index in [-0.39, 0.29) is 28.4 Å². The van der Waals surface area contributed by atoms with Crippen molar-refractivity contribution < 1.29 is 0 Å². The van der Waals surface area contributed by atoms with Crippen LogP contribution in [0.5, 0.6) is 0 Å². The molecule has 7 heteroatoms. The van der Waals surface area contributed by atoms with E-state index in [0.717, 1.165) is 56.5 Å². The van der Waals surface area contributed by atoms with E-state index in [9.17, 15) is 0 Å². The van der Waals surface area contributed by atoms with Crippen molar-refractivity contribution >= 4 is 158 Å². The van der Waals surface area contributed by atoms with E-state index in [2.05, 4.69) is 508 Å². The van der Waals surface area contributed by atoms with Crippen LogP contribution in [0.15, 0.2) is 406 Å². The molecule has 2 aromatic heterocycles. The smallest absolute Gasteiger partial charge is 0.252 e. The van der Waals surface area contributed by atoms with Gasteiger partial charge in [-0.05, 0) is 174 Å². The molecule has 0 unspecified atom stereocenters. The molecule has 4 heterocycles. The summed E-state index contributed by atoms with van der Waals surface area (Å²) in [6, 6.07) is 158. The number of anilines is 6. The molecule has 606 valence electrons. The molecule has 0 bridgehead atoms. The van der Waals surface area contributed by atoms with Crippen molar-refractivity contribution in [3.8, 4) is 33.6 Å². The molecule has 0 radical (unpaired) electrons. The van der Waals surface area contributed by atoms with Crippen molar-refractivity contribution in [3.05, 3.63) is 429 Å². The van der Waals surface area contributed by atoms with E-state index < -0.39 is 16.1 Å². The normalized spacial score (nSPS) is 13.1. The first-order valence-corrected chi connectivity index (χ1v) is 48.5. The maximum Gasteiger partial charge on any atom is 0.252 e. The van der Waals surface area contributed by atoms with Gasteiger partial charge in [-0.1, -0.05) is 429 Å². The summed E-state index contributed by atoms with van der Waals surface area (Å²) in [4.78, 5) is 5.47. The highest BCUT2D eigenvalue weighted by Crippen LogP contribution is 2.49. The lowest BCUT2D eigenvalue weighted by molar-refractivity contribution is 0.568. The van der Waals surface area contributed by atoms with Gasteiger partial charge in [0.25, 0.3) is 6.71 Å². The Morgan fingerprint density at radius 2 is 0.496 bits per heavy atom. The van der Waals surface area contributed by atoms with Crippen LogP contribution in [0, 0.1) is 0 Å². The second kappa shape index (κ2) is 30.2. The van der Waals surface area contributed by atoms with Crippen LogP contribution in [0.1, 0.15) is 105 Å². The third-order valence-electron chi connectivity index (χ3n) is 27.2. The molecule has 125 heavy (non-hydrogen) atoms. The number of benzene rings is 17. The number of fused-ring (bicyclic) bond motifs is 10. The predicted octanol–water partition coefficient (Wildman–Crippen LogP) is 23.2. The van der Waals surface area contributed by atoms with E-state index >= 15 is 0 Å². The third kappa shape index (κ3) is 12.8. The van der Waals surface area contributed by atoms with Crippen LogP contribution in [0.3, 0.4) is 0 Å². The summed E-state index contributed by atoms with van der Waals surface area (Å²) in [6.07, 6.45) is 0. The molecular weight excluding hydrogens is 1540 g/mol. The Morgan fingerprint density at radius 1 is 0.224 bits per heavy atom.